The molecule has 12 nitrogen and oxygen atoms in total. The van der Waals surface area contributed by atoms with Gasteiger partial charge >= 0.3 is 6.09 Å². The van der Waals surface area contributed by atoms with Crippen LogP contribution >= 0.6 is 0 Å². The number of aromatic nitrogens is 3. The normalized spacial score (nSPS) is 30.6. The van der Waals surface area contributed by atoms with Crippen LogP contribution in [0.4, 0.5) is 10.6 Å². The van der Waals surface area contributed by atoms with Gasteiger partial charge in [0.15, 0.2) is 12.0 Å². The molecule has 2 N–H and O–H groups in total. The molecule has 12 heteroatoms. The van der Waals surface area contributed by atoms with Gasteiger partial charge in [0.2, 0.25) is 0 Å². The minimum absolute atomic E-state index is 0.176. The number of nitrogens with two attached hydrogens (primary N) is 1. The van der Waals surface area contributed by atoms with Crippen LogP contribution in [0.2, 0.25) is 0 Å². The molecule has 39 heavy (non-hydrogen) atoms. The molecule has 0 radical (unpaired) electrons. The van der Waals surface area contributed by atoms with Crippen molar-refractivity contribution in [3.63, 3.8) is 0 Å². The number of anilines is 1. The van der Waals surface area contributed by atoms with E-state index in [0.29, 0.717) is 44.3 Å². The molecule has 4 aliphatic rings. The highest BCUT2D eigenvalue weighted by Gasteiger charge is 2.57. The van der Waals surface area contributed by atoms with Gasteiger partial charge in [0.05, 0.1) is 18.6 Å². The largest absolute Gasteiger partial charge is 0.444 e. The van der Waals surface area contributed by atoms with E-state index >= 15 is 0 Å². The number of piperidine rings is 1. The van der Waals surface area contributed by atoms with E-state index in [4.69, 9.17) is 29.4 Å². The molecule has 0 saturated carbocycles. The summed E-state index contributed by atoms with van der Waals surface area (Å²) in [5.74, 6) is -0.296. The molecule has 4 aliphatic heterocycles. The van der Waals surface area contributed by atoms with Crippen LogP contribution in [0.5, 0.6) is 0 Å². The van der Waals surface area contributed by atoms with Crippen LogP contribution in [0.1, 0.15) is 53.7 Å². The Kier molecular flexibility index (Phi) is 6.54. The Labute approximate surface area is 228 Å². The first-order valence-electron chi connectivity index (χ1n) is 13.8. The smallest absolute Gasteiger partial charge is 0.410 e. The number of carbonyl (C=O) groups is 1. The van der Waals surface area contributed by atoms with Gasteiger partial charge in [0.25, 0.3) is 0 Å². The Morgan fingerprint density at radius 1 is 1.15 bits per heavy atom. The standard InChI is InChI=1S/C27H40N6O6/c1-25(2,3)39-24(34)31-10-7-27(8-11-31)15-35-13-12-32(27)14-18-19-20(38-26(4,5)37-19)23(36-18)33-9-6-17-21(28)29-16-30-22(17)33/h6,9,16,18-20,23H,7-8,10-15H2,1-5H3,(H2,28,29,30)/t18-,19-,20-,23-/m1/s1. The number of nitrogens with zero attached hydrogens (tertiary/aromatic N) is 5. The molecule has 1 spiro atoms. The Morgan fingerprint density at radius 2 is 1.90 bits per heavy atom. The molecule has 6 heterocycles. The van der Waals surface area contributed by atoms with Crippen LogP contribution in [0.3, 0.4) is 0 Å². The number of ether oxygens (including phenoxy) is 5. The van der Waals surface area contributed by atoms with Crippen molar-refractivity contribution in [3.05, 3.63) is 18.6 Å². The van der Waals surface area contributed by atoms with Gasteiger partial charge in [0, 0.05) is 37.9 Å². The summed E-state index contributed by atoms with van der Waals surface area (Å²) >= 11 is 0. The maximum absolute atomic E-state index is 12.7. The third kappa shape index (κ3) is 4.97. The molecule has 1 amide bonds. The average molecular weight is 545 g/mol. The van der Waals surface area contributed by atoms with Gasteiger partial charge in [-0.15, -0.1) is 0 Å². The molecule has 2 aromatic heterocycles. The van der Waals surface area contributed by atoms with Gasteiger partial charge in [-0.2, -0.15) is 0 Å². The molecule has 4 fully saturated rings. The molecule has 0 aliphatic carbocycles. The summed E-state index contributed by atoms with van der Waals surface area (Å²) in [6.45, 7) is 13.5. The second kappa shape index (κ2) is 9.55. The highest BCUT2D eigenvalue weighted by atomic mass is 16.8. The number of fused-ring (bicyclic) bond motifs is 2. The molecule has 6 rings (SSSR count). The van der Waals surface area contributed by atoms with Gasteiger partial charge < -0.3 is 38.9 Å². The number of rotatable bonds is 3. The quantitative estimate of drug-likeness (QED) is 0.616. The highest BCUT2D eigenvalue weighted by Crippen LogP contribution is 2.45. The summed E-state index contributed by atoms with van der Waals surface area (Å²) in [5.41, 5.74) is 6.11. The van der Waals surface area contributed by atoms with Crippen molar-refractivity contribution in [2.75, 3.05) is 45.1 Å². The molecular weight excluding hydrogens is 504 g/mol. The summed E-state index contributed by atoms with van der Waals surface area (Å²) < 4.78 is 33.1. The lowest BCUT2D eigenvalue weighted by atomic mass is 9.85. The fraction of sp³-hybridized carbons (Fsp3) is 0.741. The zero-order valence-electron chi connectivity index (χ0n) is 23.5. The van der Waals surface area contributed by atoms with Crippen molar-refractivity contribution in [1.82, 2.24) is 24.3 Å². The predicted octanol–water partition coefficient (Wildman–Crippen LogP) is 2.53. The number of amides is 1. The molecule has 214 valence electrons. The SMILES string of the molecule is CC(C)(C)OC(=O)N1CCC2(CC1)COCCN2C[C@H]1O[C@@H](n2ccc3c(N)ncnc32)[C@@H]2OC(C)(C)O[C@@H]21. The fourth-order valence-electron chi connectivity index (χ4n) is 6.39. The van der Waals surface area contributed by atoms with Crippen LogP contribution in [0, 0.1) is 0 Å². The minimum Gasteiger partial charge on any atom is -0.444 e. The molecule has 0 bridgehead atoms. The number of nitrogen functional groups attached to an aromatic ring is 1. The summed E-state index contributed by atoms with van der Waals surface area (Å²) in [7, 11) is 0. The topological polar surface area (TPSA) is 126 Å². The minimum atomic E-state index is -0.728. The maximum Gasteiger partial charge on any atom is 0.410 e. The van der Waals surface area contributed by atoms with Gasteiger partial charge in [-0.05, 0) is 53.5 Å². The first kappa shape index (κ1) is 26.7. The second-order valence-electron chi connectivity index (χ2n) is 12.5. The van der Waals surface area contributed by atoms with Crippen molar-refractivity contribution in [2.45, 2.75) is 88.9 Å². The van der Waals surface area contributed by atoms with Gasteiger partial charge in [0.1, 0.15) is 41.7 Å². The van der Waals surface area contributed by atoms with E-state index in [1.54, 1.807) is 0 Å². The predicted molar refractivity (Wildman–Crippen MR) is 142 cm³/mol. The average Bonchev–Trinajstić information content (AvgIpc) is 3.52. The van der Waals surface area contributed by atoms with Crippen LogP contribution in [-0.2, 0) is 23.7 Å². The number of morpholine rings is 1. The van der Waals surface area contributed by atoms with Crippen molar-refractivity contribution >= 4 is 22.9 Å². The third-order valence-electron chi connectivity index (χ3n) is 8.23. The summed E-state index contributed by atoms with van der Waals surface area (Å²) in [6, 6.07) is 1.91. The Balaban J connectivity index is 1.21. The van der Waals surface area contributed by atoms with Gasteiger partial charge in [-0.25, -0.2) is 14.8 Å². The van der Waals surface area contributed by atoms with E-state index in [1.807, 2.05) is 56.3 Å². The van der Waals surface area contributed by atoms with E-state index in [-0.39, 0.29) is 29.9 Å². The lowest BCUT2D eigenvalue weighted by Crippen LogP contribution is -2.63. The molecule has 4 atom stereocenters. The summed E-state index contributed by atoms with van der Waals surface area (Å²) in [5, 5.41) is 0.781. The number of hydrogen-bond acceptors (Lipinski definition) is 10. The zero-order valence-corrected chi connectivity index (χ0v) is 23.5. The van der Waals surface area contributed by atoms with Gasteiger partial charge in [-0.3, -0.25) is 4.90 Å². The molecular formula is C27H40N6O6. The monoisotopic (exact) mass is 544 g/mol. The first-order valence-corrected chi connectivity index (χ1v) is 13.8. The summed E-state index contributed by atoms with van der Waals surface area (Å²) in [6.07, 6.45) is 3.55. The number of hydrogen-bond donors (Lipinski definition) is 1. The van der Waals surface area contributed by atoms with Crippen LogP contribution in [0.25, 0.3) is 11.0 Å². The van der Waals surface area contributed by atoms with Crippen LogP contribution < -0.4 is 5.73 Å². The van der Waals surface area contributed by atoms with Crippen LogP contribution in [-0.4, -0.2) is 105 Å². The van der Waals surface area contributed by atoms with Crippen molar-refractivity contribution in [3.8, 4) is 0 Å². The molecule has 0 aromatic carbocycles. The van der Waals surface area contributed by atoms with E-state index in [2.05, 4.69) is 14.9 Å². The number of carbonyl (C=O) groups excluding carboxylic acids is 1. The van der Waals surface area contributed by atoms with Crippen molar-refractivity contribution in [2.24, 2.45) is 0 Å². The van der Waals surface area contributed by atoms with E-state index in [1.165, 1.54) is 6.33 Å². The van der Waals surface area contributed by atoms with Crippen molar-refractivity contribution < 1.29 is 28.5 Å². The Hall–Kier alpha value is -2.51. The zero-order chi connectivity index (χ0) is 27.6. The Morgan fingerprint density at radius 3 is 2.64 bits per heavy atom. The van der Waals surface area contributed by atoms with Crippen LogP contribution in [0.15, 0.2) is 18.6 Å². The van der Waals surface area contributed by atoms with E-state index in [9.17, 15) is 4.79 Å². The van der Waals surface area contributed by atoms with Crippen molar-refractivity contribution in [1.29, 1.82) is 0 Å². The van der Waals surface area contributed by atoms with E-state index < -0.39 is 17.6 Å². The lowest BCUT2D eigenvalue weighted by Gasteiger charge is -2.51. The first-order chi connectivity index (χ1) is 18.4. The molecule has 2 aromatic rings. The maximum atomic E-state index is 12.7. The third-order valence-corrected chi connectivity index (χ3v) is 8.23. The molecule has 4 saturated heterocycles. The van der Waals surface area contributed by atoms with E-state index in [0.717, 1.165) is 24.8 Å². The number of likely N-dealkylation sites (tertiary alicyclic amines) is 1. The second-order valence-corrected chi connectivity index (χ2v) is 12.5. The fourth-order valence-corrected chi connectivity index (χ4v) is 6.39. The lowest BCUT2D eigenvalue weighted by molar-refractivity contribution is -0.202. The summed E-state index contributed by atoms with van der Waals surface area (Å²) in [4.78, 5) is 25.6. The highest BCUT2D eigenvalue weighted by molar-refractivity contribution is 5.86. The van der Waals surface area contributed by atoms with Gasteiger partial charge in [-0.1, -0.05) is 0 Å². The molecule has 0 unspecified atom stereocenters. The Bertz CT molecular complexity index is 1220.